The molecule has 4 nitrogen and oxygen atoms in total. The molecule has 2 aromatic rings. The van der Waals surface area contributed by atoms with Crippen LogP contribution < -0.4 is 11.1 Å². The van der Waals surface area contributed by atoms with Crippen molar-refractivity contribution >= 4 is 16.5 Å². The Kier molecular flexibility index (Phi) is 3.37. The number of nitrogen functional groups attached to an aromatic ring is 1. The first-order chi connectivity index (χ1) is 7.34. The molecule has 0 aromatic carbocycles. The minimum absolute atomic E-state index is 0.635. The zero-order valence-corrected chi connectivity index (χ0v) is 9.09. The predicted octanol–water partition coefficient (Wildman–Crippen LogP) is 1.65. The highest BCUT2D eigenvalue weighted by atomic mass is 32.1. The van der Waals surface area contributed by atoms with Crippen molar-refractivity contribution in [3.8, 4) is 0 Å². The van der Waals surface area contributed by atoms with Gasteiger partial charge in [-0.3, -0.25) is 0 Å². The molecule has 0 aliphatic heterocycles. The molecule has 0 bridgehead atoms. The summed E-state index contributed by atoms with van der Waals surface area (Å²) >= 11 is 1.48. The second-order valence-corrected chi connectivity index (χ2v) is 4.07. The third-order valence-electron chi connectivity index (χ3n) is 2.01. The predicted molar refractivity (Wildman–Crippen MR) is 60.6 cm³/mol. The second-order valence-electron chi connectivity index (χ2n) is 3.18. The number of hydrogen-bond donors (Lipinski definition) is 2. The van der Waals surface area contributed by atoms with E-state index in [2.05, 4.69) is 10.3 Å². The number of nitrogens with zero attached hydrogens (tertiary/aromatic N) is 1. The molecule has 0 saturated carbocycles. The molecule has 80 valence electrons. The molecular weight excluding hydrogens is 210 g/mol. The Bertz CT molecular complexity index is 396. The number of hydrogen-bond acceptors (Lipinski definition) is 5. The molecule has 0 saturated heterocycles. The summed E-state index contributed by atoms with van der Waals surface area (Å²) in [5.74, 6) is 0.952. The lowest BCUT2D eigenvalue weighted by atomic mass is 10.3. The molecule has 0 amide bonds. The molecule has 0 aliphatic rings. The van der Waals surface area contributed by atoms with E-state index in [1.807, 2.05) is 17.5 Å². The minimum atomic E-state index is 0.635. The van der Waals surface area contributed by atoms with E-state index in [9.17, 15) is 0 Å². The number of nitrogens with one attached hydrogen (secondary N) is 1. The molecule has 0 fully saturated rings. The average molecular weight is 223 g/mol. The molecular formula is C10H13N3OS. The first-order valence-electron chi connectivity index (χ1n) is 4.77. The molecule has 0 unspecified atom stereocenters. The Morgan fingerprint density at radius 3 is 3.13 bits per heavy atom. The zero-order valence-electron chi connectivity index (χ0n) is 8.27. The maximum Gasteiger partial charge on any atom is 0.180 e. The maximum atomic E-state index is 5.53. The van der Waals surface area contributed by atoms with Gasteiger partial charge in [0, 0.05) is 18.3 Å². The molecule has 0 spiro atoms. The Balaban J connectivity index is 1.67. The van der Waals surface area contributed by atoms with Crippen LogP contribution in [0.15, 0.2) is 28.2 Å². The van der Waals surface area contributed by atoms with Crippen LogP contribution in [0.4, 0.5) is 5.13 Å². The van der Waals surface area contributed by atoms with E-state index >= 15 is 0 Å². The number of rotatable bonds is 5. The summed E-state index contributed by atoms with van der Waals surface area (Å²) in [6.45, 7) is 1.64. The molecule has 0 atom stereocenters. The fourth-order valence-electron chi connectivity index (χ4n) is 1.28. The number of nitrogens with two attached hydrogens (primary N) is 1. The second kappa shape index (κ2) is 4.95. The Morgan fingerprint density at radius 2 is 2.47 bits per heavy atom. The topological polar surface area (TPSA) is 64.1 Å². The fourth-order valence-corrected chi connectivity index (χ4v) is 1.88. The number of anilines is 1. The van der Waals surface area contributed by atoms with Crippen LogP contribution in [0.1, 0.15) is 11.5 Å². The van der Waals surface area contributed by atoms with Crippen molar-refractivity contribution in [1.82, 2.24) is 10.3 Å². The summed E-state index contributed by atoms with van der Waals surface area (Å²) in [5, 5.41) is 5.90. The van der Waals surface area contributed by atoms with Crippen LogP contribution in [-0.4, -0.2) is 11.5 Å². The zero-order chi connectivity index (χ0) is 10.5. The van der Waals surface area contributed by atoms with Crippen molar-refractivity contribution in [3.63, 3.8) is 0 Å². The van der Waals surface area contributed by atoms with Gasteiger partial charge in [0.25, 0.3) is 0 Å². The van der Waals surface area contributed by atoms with Crippen LogP contribution in [0.25, 0.3) is 0 Å². The van der Waals surface area contributed by atoms with Gasteiger partial charge in [-0.25, -0.2) is 4.98 Å². The van der Waals surface area contributed by atoms with Gasteiger partial charge in [-0.05, 0) is 12.1 Å². The monoisotopic (exact) mass is 223 g/mol. The van der Waals surface area contributed by atoms with E-state index in [0.717, 1.165) is 31.0 Å². The summed E-state index contributed by atoms with van der Waals surface area (Å²) < 4.78 is 5.19. The number of aromatic nitrogens is 1. The van der Waals surface area contributed by atoms with Crippen LogP contribution in [0.5, 0.6) is 0 Å². The Labute approximate surface area is 92.1 Å². The van der Waals surface area contributed by atoms with Crippen molar-refractivity contribution in [1.29, 1.82) is 0 Å². The fraction of sp³-hybridized carbons (Fsp3) is 0.300. The van der Waals surface area contributed by atoms with Crippen LogP contribution in [0, 0.1) is 0 Å². The van der Waals surface area contributed by atoms with Gasteiger partial charge < -0.3 is 15.5 Å². The van der Waals surface area contributed by atoms with E-state index in [1.165, 1.54) is 11.3 Å². The van der Waals surface area contributed by atoms with Gasteiger partial charge in [0.05, 0.1) is 18.5 Å². The van der Waals surface area contributed by atoms with E-state index in [4.69, 9.17) is 10.2 Å². The lowest BCUT2D eigenvalue weighted by Crippen LogP contribution is -2.16. The maximum absolute atomic E-state index is 5.53. The van der Waals surface area contributed by atoms with Crippen LogP contribution in [0.3, 0.4) is 0 Å². The average Bonchev–Trinajstić information content (AvgIpc) is 2.84. The SMILES string of the molecule is Nc1nc(CCNCc2ccco2)cs1. The first kappa shape index (κ1) is 10.2. The van der Waals surface area contributed by atoms with E-state index in [1.54, 1.807) is 6.26 Å². The standard InChI is InChI=1S/C10H13N3OS/c11-10-13-8(7-15-10)3-4-12-6-9-2-1-5-14-9/h1-2,5,7,12H,3-4,6H2,(H2,11,13). The van der Waals surface area contributed by atoms with E-state index < -0.39 is 0 Å². The lowest BCUT2D eigenvalue weighted by Gasteiger charge is -2.00. The van der Waals surface area contributed by atoms with Crippen LogP contribution in [-0.2, 0) is 13.0 Å². The molecule has 2 rings (SSSR count). The Morgan fingerprint density at radius 1 is 1.53 bits per heavy atom. The van der Waals surface area contributed by atoms with Gasteiger partial charge in [0.15, 0.2) is 5.13 Å². The molecule has 0 radical (unpaired) electrons. The molecule has 2 heterocycles. The molecule has 15 heavy (non-hydrogen) atoms. The third kappa shape index (κ3) is 3.07. The minimum Gasteiger partial charge on any atom is -0.468 e. The number of thiazole rings is 1. The van der Waals surface area contributed by atoms with Gasteiger partial charge in [-0.1, -0.05) is 0 Å². The highest BCUT2D eigenvalue weighted by molar-refractivity contribution is 7.13. The molecule has 2 aromatic heterocycles. The summed E-state index contributed by atoms with van der Waals surface area (Å²) in [6, 6.07) is 3.84. The number of furan rings is 1. The largest absolute Gasteiger partial charge is 0.468 e. The van der Waals surface area contributed by atoms with Gasteiger partial charge in [-0.15, -0.1) is 11.3 Å². The van der Waals surface area contributed by atoms with Crippen molar-refractivity contribution in [3.05, 3.63) is 35.2 Å². The van der Waals surface area contributed by atoms with E-state index in [0.29, 0.717) is 5.13 Å². The normalized spacial score (nSPS) is 10.7. The smallest absolute Gasteiger partial charge is 0.180 e. The Hall–Kier alpha value is -1.33. The van der Waals surface area contributed by atoms with Crippen molar-refractivity contribution < 1.29 is 4.42 Å². The molecule has 5 heteroatoms. The van der Waals surface area contributed by atoms with Crippen molar-refractivity contribution in [2.24, 2.45) is 0 Å². The molecule has 0 aliphatic carbocycles. The van der Waals surface area contributed by atoms with Crippen LogP contribution >= 0.6 is 11.3 Å². The third-order valence-corrected chi connectivity index (χ3v) is 2.73. The van der Waals surface area contributed by atoms with Gasteiger partial charge in [0.2, 0.25) is 0 Å². The lowest BCUT2D eigenvalue weighted by molar-refractivity contribution is 0.484. The van der Waals surface area contributed by atoms with E-state index in [-0.39, 0.29) is 0 Å². The highest BCUT2D eigenvalue weighted by Gasteiger charge is 1.99. The summed E-state index contributed by atoms with van der Waals surface area (Å²) in [7, 11) is 0. The van der Waals surface area contributed by atoms with Gasteiger partial charge >= 0.3 is 0 Å². The first-order valence-corrected chi connectivity index (χ1v) is 5.65. The van der Waals surface area contributed by atoms with Crippen LogP contribution in [0.2, 0.25) is 0 Å². The summed E-state index contributed by atoms with van der Waals surface area (Å²) in [4.78, 5) is 4.18. The van der Waals surface area contributed by atoms with Gasteiger partial charge in [-0.2, -0.15) is 0 Å². The summed E-state index contributed by atoms with van der Waals surface area (Å²) in [5.41, 5.74) is 6.58. The van der Waals surface area contributed by atoms with Gasteiger partial charge in [0.1, 0.15) is 5.76 Å². The highest BCUT2D eigenvalue weighted by Crippen LogP contribution is 2.10. The molecule has 3 N–H and O–H groups in total. The van der Waals surface area contributed by atoms with Crippen molar-refractivity contribution in [2.45, 2.75) is 13.0 Å². The quantitative estimate of drug-likeness (QED) is 0.756. The summed E-state index contributed by atoms with van der Waals surface area (Å²) in [6.07, 6.45) is 2.58. The van der Waals surface area contributed by atoms with Crippen molar-refractivity contribution in [2.75, 3.05) is 12.3 Å².